The molecule has 1 rings (SSSR count). The molecule has 1 nitrogen and oxygen atoms in total. The van der Waals surface area contributed by atoms with E-state index in [-0.39, 0.29) is 0 Å². The van der Waals surface area contributed by atoms with Crippen molar-refractivity contribution in [3.63, 3.8) is 0 Å². The van der Waals surface area contributed by atoms with Gasteiger partial charge in [-0.2, -0.15) is 0 Å². The van der Waals surface area contributed by atoms with Gasteiger partial charge in [0.25, 0.3) is 0 Å². The highest BCUT2D eigenvalue weighted by atomic mass is 79.9. The van der Waals surface area contributed by atoms with Crippen LogP contribution in [0.5, 0.6) is 0 Å². The third-order valence-corrected chi connectivity index (χ3v) is 3.11. The van der Waals surface area contributed by atoms with E-state index >= 15 is 0 Å². The molecule has 0 N–H and O–H groups in total. The topological polar surface area (TPSA) is 3.24 Å². The Morgan fingerprint density at radius 2 is 2.07 bits per heavy atom. The summed E-state index contributed by atoms with van der Waals surface area (Å²) in [6.07, 6.45) is 2.36. The second-order valence-electron chi connectivity index (χ2n) is 3.98. The first-order chi connectivity index (χ1) is 6.59. The van der Waals surface area contributed by atoms with E-state index in [1.54, 1.807) is 0 Å². The minimum Gasteiger partial charge on any atom is -0.307 e. The fourth-order valence-corrected chi connectivity index (χ4v) is 1.77. The van der Waals surface area contributed by atoms with Gasteiger partial charge in [0.2, 0.25) is 0 Å². The summed E-state index contributed by atoms with van der Waals surface area (Å²) >= 11 is 3.49. The van der Waals surface area contributed by atoms with Gasteiger partial charge < -0.3 is 4.90 Å². The summed E-state index contributed by atoms with van der Waals surface area (Å²) in [7, 11) is 4.26. The molecule has 0 aliphatic rings. The maximum Gasteiger partial charge on any atom is 0.0177 e. The molecule has 0 saturated carbocycles. The Bertz CT molecular complexity index is 283. The molecular formula is C12H18BrN. The largest absolute Gasteiger partial charge is 0.307 e. The van der Waals surface area contributed by atoms with Gasteiger partial charge in [0, 0.05) is 10.5 Å². The van der Waals surface area contributed by atoms with Crippen LogP contribution in [0, 0.1) is 0 Å². The molecule has 1 aromatic carbocycles. The molecule has 0 radical (unpaired) electrons. The van der Waals surface area contributed by atoms with Crippen molar-refractivity contribution >= 4 is 15.9 Å². The number of benzene rings is 1. The number of halogens is 1. The van der Waals surface area contributed by atoms with E-state index in [0.29, 0.717) is 6.04 Å². The molecule has 1 aromatic rings. The van der Waals surface area contributed by atoms with Crippen LogP contribution < -0.4 is 0 Å². The van der Waals surface area contributed by atoms with Gasteiger partial charge in [0.15, 0.2) is 0 Å². The van der Waals surface area contributed by atoms with E-state index in [0.717, 1.165) is 6.42 Å². The van der Waals surface area contributed by atoms with Crippen LogP contribution in [0.25, 0.3) is 0 Å². The average Bonchev–Trinajstić information content (AvgIpc) is 2.14. The quantitative estimate of drug-likeness (QED) is 0.798. The minimum atomic E-state index is 0.647. The third kappa shape index (κ3) is 3.81. The van der Waals surface area contributed by atoms with Crippen LogP contribution in [0.15, 0.2) is 28.7 Å². The zero-order valence-electron chi connectivity index (χ0n) is 9.13. The second kappa shape index (κ2) is 5.52. The molecule has 1 unspecified atom stereocenters. The minimum absolute atomic E-state index is 0.647. The van der Waals surface area contributed by atoms with Gasteiger partial charge in [-0.3, -0.25) is 0 Å². The van der Waals surface area contributed by atoms with E-state index in [1.807, 2.05) is 0 Å². The molecule has 0 saturated heterocycles. The fourth-order valence-electron chi connectivity index (χ4n) is 1.33. The maximum absolute atomic E-state index is 3.49. The van der Waals surface area contributed by atoms with Crippen molar-refractivity contribution in [3.05, 3.63) is 34.3 Å². The van der Waals surface area contributed by atoms with Crippen molar-refractivity contribution in [2.75, 3.05) is 14.1 Å². The molecule has 0 spiro atoms. The summed E-state index contributed by atoms with van der Waals surface area (Å²) in [5.74, 6) is 0. The van der Waals surface area contributed by atoms with Crippen LogP contribution in [0.4, 0.5) is 0 Å². The van der Waals surface area contributed by atoms with E-state index in [4.69, 9.17) is 0 Å². The lowest BCUT2D eigenvalue weighted by atomic mass is 10.1. The number of aryl methyl sites for hydroxylation is 1. The zero-order valence-corrected chi connectivity index (χ0v) is 10.7. The second-order valence-corrected chi connectivity index (χ2v) is 4.90. The van der Waals surface area contributed by atoms with E-state index < -0.39 is 0 Å². The summed E-state index contributed by atoms with van der Waals surface area (Å²) in [6.45, 7) is 2.26. The van der Waals surface area contributed by atoms with Gasteiger partial charge in [0.05, 0.1) is 0 Å². The number of rotatable bonds is 4. The first-order valence-corrected chi connectivity index (χ1v) is 5.80. The van der Waals surface area contributed by atoms with Crippen LogP contribution in [0.3, 0.4) is 0 Å². The monoisotopic (exact) mass is 255 g/mol. The van der Waals surface area contributed by atoms with Crippen LogP contribution >= 0.6 is 15.9 Å². The summed E-state index contributed by atoms with van der Waals surface area (Å²) in [4.78, 5) is 2.26. The normalized spacial score (nSPS) is 13.2. The van der Waals surface area contributed by atoms with Gasteiger partial charge in [-0.25, -0.2) is 0 Å². The molecule has 0 amide bonds. The zero-order chi connectivity index (χ0) is 10.6. The average molecular weight is 256 g/mol. The molecule has 0 heterocycles. The van der Waals surface area contributed by atoms with Gasteiger partial charge in [0.1, 0.15) is 0 Å². The predicted molar refractivity (Wildman–Crippen MR) is 65.6 cm³/mol. The molecule has 14 heavy (non-hydrogen) atoms. The van der Waals surface area contributed by atoms with Crippen molar-refractivity contribution in [1.29, 1.82) is 0 Å². The maximum atomic E-state index is 3.49. The Labute approximate surface area is 95.2 Å². The third-order valence-electron chi connectivity index (χ3n) is 2.62. The standard InChI is InChI=1S/C12H18BrN/c1-10(14(2)3)7-8-11-5-4-6-12(13)9-11/h4-6,9-10H,7-8H2,1-3H3. The van der Waals surface area contributed by atoms with Crippen LogP contribution in [-0.4, -0.2) is 25.0 Å². The molecule has 1 atom stereocenters. The summed E-state index contributed by atoms with van der Waals surface area (Å²) in [6, 6.07) is 9.20. The lowest BCUT2D eigenvalue weighted by molar-refractivity contribution is 0.299. The highest BCUT2D eigenvalue weighted by Gasteiger charge is 2.04. The van der Waals surface area contributed by atoms with Gasteiger partial charge >= 0.3 is 0 Å². The van der Waals surface area contributed by atoms with Crippen molar-refractivity contribution in [1.82, 2.24) is 4.90 Å². The SMILES string of the molecule is CC(CCc1cccc(Br)c1)N(C)C. The van der Waals surface area contributed by atoms with Crippen molar-refractivity contribution < 1.29 is 0 Å². The van der Waals surface area contributed by atoms with Crippen LogP contribution in [-0.2, 0) is 6.42 Å². The van der Waals surface area contributed by atoms with Crippen LogP contribution in [0.2, 0.25) is 0 Å². The Morgan fingerprint density at radius 1 is 1.36 bits per heavy atom. The number of hydrogen-bond donors (Lipinski definition) is 0. The molecule has 0 bridgehead atoms. The van der Waals surface area contributed by atoms with Gasteiger partial charge in [-0.05, 0) is 51.6 Å². The Kier molecular flexibility index (Phi) is 4.63. The molecule has 0 aliphatic carbocycles. The van der Waals surface area contributed by atoms with Gasteiger partial charge in [-0.1, -0.05) is 28.1 Å². The molecule has 0 aliphatic heterocycles. The highest BCUT2D eigenvalue weighted by Crippen LogP contribution is 2.14. The van der Waals surface area contributed by atoms with Crippen molar-refractivity contribution in [3.8, 4) is 0 Å². The Morgan fingerprint density at radius 3 is 2.64 bits per heavy atom. The van der Waals surface area contributed by atoms with Crippen LogP contribution in [0.1, 0.15) is 18.9 Å². The highest BCUT2D eigenvalue weighted by molar-refractivity contribution is 9.10. The smallest absolute Gasteiger partial charge is 0.0177 e. The Balaban J connectivity index is 2.45. The summed E-state index contributed by atoms with van der Waals surface area (Å²) in [5, 5.41) is 0. The summed E-state index contributed by atoms with van der Waals surface area (Å²) < 4.78 is 1.17. The number of nitrogens with zero attached hydrogens (tertiary/aromatic N) is 1. The lowest BCUT2D eigenvalue weighted by Gasteiger charge is -2.19. The van der Waals surface area contributed by atoms with E-state index in [2.05, 4.69) is 66.1 Å². The Hall–Kier alpha value is -0.340. The molecule has 0 aromatic heterocycles. The first-order valence-electron chi connectivity index (χ1n) is 5.00. The predicted octanol–water partition coefficient (Wildman–Crippen LogP) is 3.33. The fraction of sp³-hybridized carbons (Fsp3) is 0.500. The first kappa shape index (κ1) is 11.7. The van der Waals surface area contributed by atoms with Gasteiger partial charge in [-0.15, -0.1) is 0 Å². The lowest BCUT2D eigenvalue weighted by Crippen LogP contribution is -2.24. The summed E-state index contributed by atoms with van der Waals surface area (Å²) in [5.41, 5.74) is 1.41. The molecule has 78 valence electrons. The van der Waals surface area contributed by atoms with Crippen molar-refractivity contribution in [2.45, 2.75) is 25.8 Å². The molecule has 0 fully saturated rings. The van der Waals surface area contributed by atoms with E-state index in [9.17, 15) is 0 Å². The molecule has 2 heteroatoms. The number of hydrogen-bond acceptors (Lipinski definition) is 1. The van der Waals surface area contributed by atoms with E-state index in [1.165, 1.54) is 16.5 Å². The molecular weight excluding hydrogens is 238 g/mol. The van der Waals surface area contributed by atoms with Crippen molar-refractivity contribution in [2.24, 2.45) is 0 Å².